The summed E-state index contributed by atoms with van der Waals surface area (Å²) in [5, 5.41) is 8.28. The number of carbonyl (C=O) groups excluding carboxylic acids is 4. The molecule has 12 nitrogen and oxygen atoms in total. The predicted octanol–water partition coefficient (Wildman–Crippen LogP) is 0.876. The van der Waals surface area contributed by atoms with Crippen molar-refractivity contribution in [2.45, 2.75) is 84.5 Å². The molecule has 1 aromatic rings. The summed E-state index contributed by atoms with van der Waals surface area (Å²) in [5.41, 5.74) is 0.700. The van der Waals surface area contributed by atoms with Crippen molar-refractivity contribution in [3.63, 3.8) is 0 Å². The van der Waals surface area contributed by atoms with Crippen LogP contribution in [0.15, 0.2) is 6.20 Å². The minimum Gasteiger partial charge on any atom is -0.463 e. The van der Waals surface area contributed by atoms with Gasteiger partial charge in [0.2, 0.25) is 12.4 Å². The lowest BCUT2D eigenvalue weighted by Gasteiger charge is -2.44. The van der Waals surface area contributed by atoms with Gasteiger partial charge < -0.3 is 23.7 Å². The fourth-order valence-corrected chi connectivity index (χ4v) is 3.38. The number of esters is 4. The Hall–Kier alpha value is -3.02. The fraction of sp³-hybridized carbons (Fsp3) is 0.700. The van der Waals surface area contributed by atoms with Gasteiger partial charge in [-0.1, -0.05) is 18.6 Å². The lowest BCUT2D eigenvalue weighted by Crippen LogP contribution is -2.59. The summed E-state index contributed by atoms with van der Waals surface area (Å²) in [6, 6.07) is -0.891. The van der Waals surface area contributed by atoms with Crippen LogP contribution in [0.1, 0.15) is 59.2 Å². The molecule has 32 heavy (non-hydrogen) atoms. The van der Waals surface area contributed by atoms with Crippen LogP contribution in [0.25, 0.3) is 0 Å². The Morgan fingerprint density at radius 1 is 0.969 bits per heavy atom. The van der Waals surface area contributed by atoms with E-state index < -0.39 is 54.5 Å². The molecule has 0 aliphatic carbocycles. The maximum atomic E-state index is 11.9. The van der Waals surface area contributed by atoms with Crippen molar-refractivity contribution in [3.8, 4) is 0 Å². The van der Waals surface area contributed by atoms with E-state index in [1.807, 2.05) is 6.92 Å². The zero-order valence-electron chi connectivity index (χ0n) is 18.8. The Morgan fingerprint density at radius 3 is 2.16 bits per heavy atom. The third-order valence-electron chi connectivity index (χ3n) is 4.61. The first-order chi connectivity index (χ1) is 15.1. The lowest BCUT2D eigenvalue weighted by atomic mass is 9.95. The Morgan fingerprint density at radius 2 is 1.59 bits per heavy atom. The molecule has 0 spiro atoms. The van der Waals surface area contributed by atoms with Crippen LogP contribution in [0.3, 0.4) is 0 Å². The van der Waals surface area contributed by atoms with Crippen molar-refractivity contribution in [3.05, 3.63) is 11.9 Å². The van der Waals surface area contributed by atoms with Crippen LogP contribution in [-0.4, -0.2) is 70.1 Å². The molecule has 1 aliphatic rings. The molecular formula is C20H29N3O9. The second-order valence-electron chi connectivity index (χ2n) is 7.39. The smallest absolute Gasteiger partial charge is 0.305 e. The number of ether oxygens (including phenoxy) is 5. The molecule has 2 rings (SSSR count). The van der Waals surface area contributed by atoms with E-state index in [9.17, 15) is 19.2 Å². The predicted molar refractivity (Wildman–Crippen MR) is 106 cm³/mol. The van der Waals surface area contributed by atoms with Gasteiger partial charge in [-0.15, -0.1) is 5.10 Å². The molecule has 0 unspecified atom stereocenters. The average molecular weight is 455 g/mol. The first-order valence-corrected chi connectivity index (χ1v) is 10.3. The quantitative estimate of drug-likeness (QED) is 0.386. The summed E-state index contributed by atoms with van der Waals surface area (Å²) in [6.07, 6.45) is -0.616. The SMILES string of the molecule is CCCCc1cn([C@H]2[C@H](OC(C)=O)[C@@H](OC(C)=O)[C@@H](OC(C)=O)O[C@@H]2COC(C)=O)nn1. The fourth-order valence-electron chi connectivity index (χ4n) is 3.38. The number of rotatable bonds is 9. The van der Waals surface area contributed by atoms with Crippen molar-refractivity contribution in [1.29, 1.82) is 0 Å². The summed E-state index contributed by atoms with van der Waals surface area (Å²) in [7, 11) is 0. The van der Waals surface area contributed by atoms with Gasteiger partial charge in [-0.05, 0) is 12.8 Å². The van der Waals surface area contributed by atoms with Crippen LogP contribution in [0.4, 0.5) is 0 Å². The molecule has 12 heteroatoms. The van der Waals surface area contributed by atoms with Gasteiger partial charge in [-0.3, -0.25) is 19.2 Å². The number of hydrogen-bond donors (Lipinski definition) is 0. The highest BCUT2D eigenvalue weighted by Crippen LogP contribution is 2.35. The second-order valence-corrected chi connectivity index (χ2v) is 7.39. The Labute approximate surface area is 185 Å². The summed E-state index contributed by atoms with van der Waals surface area (Å²) < 4.78 is 28.4. The highest BCUT2D eigenvalue weighted by Gasteiger charge is 2.53. The minimum atomic E-state index is -1.40. The van der Waals surface area contributed by atoms with Gasteiger partial charge >= 0.3 is 23.9 Å². The standard InChI is InChI=1S/C20H29N3O9/c1-6-7-8-15-9-23(22-21-15)17-16(10-28-11(2)24)32-20(31-14(5)27)19(30-13(4)26)18(17)29-12(3)25/h9,16-20H,6-8,10H2,1-5H3/t16-,17-,18+,19-,20+/m1/s1. The van der Waals surface area contributed by atoms with Crippen molar-refractivity contribution < 1.29 is 42.9 Å². The van der Waals surface area contributed by atoms with Crippen LogP contribution >= 0.6 is 0 Å². The van der Waals surface area contributed by atoms with E-state index in [-0.39, 0.29) is 6.61 Å². The van der Waals surface area contributed by atoms with E-state index in [1.54, 1.807) is 6.20 Å². The Kier molecular flexibility index (Phi) is 9.12. The van der Waals surface area contributed by atoms with Gasteiger partial charge in [0.25, 0.3) is 0 Å². The highest BCUT2D eigenvalue weighted by molar-refractivity contribution is 5.68. The van der Waals surface area contributed by atoms with Gasteiger partial charge in [0.1, 0.15) is 18.8 Å². The van der Waals surface area contributed by atoms with Crippen LogP contribution < -0.4 is 0 Å². The Bertz CT molecular complexity index is 825. The largest absolute Gasteiger partial charge is 0.463 e. The molecule has 1 saturated heterocycles. The number of carbonyl (C=O) groups is 4. The molecule has 0 amide bonds. The van der Waals surface area contributed by atoms with E-state index in [4.69, 9.17) is 23.7 Å². The molecule has 0 bridgehead atoms. The van der Waals surface area contributed by atoms with Crippen molar-refractivity contribution in [1.82, 2.24) is 15.0 Å². The average Bonchev–Trinajstić information content (AvgIpc) is 3.14. The van der Waals surface area contributed by atoms with Gasteiger partial charge in [-0.2, -0.15) is 0 Å². The number of hydrogen-bond acceptors (Lipinski definition) is 11. The Balaban J connectivity index is 2.50. The maximum Gasteiger partial charge on any atom is 0.305 e. The van der Waals surface area contributed by atoms with Crippen LogP contribution in [0.2, 0.25) is 0 Å². The number of aryl methyl sites for hydroxylation is 1. The van der Waals surface area contributed by atoms with E-state index in [1.165, 1.54) is 18.5 Å². The van der Waals surface area contributed by atoms with Gasteiger partial charge in [0.15, 0.2) is 6.10 Å². The molecule has 0 saturated carbocycles. The molecule has 5 atom stereocenters. The van der Waals surface area contributed by atoms with Crippen LogP contribution in [-0.2, 0) is 49.3 Å². The zero-order valence-corrected chi connectivity index (χ0v) is 18.8. The summed E-state index contributed by atoms with van der Waals surface area (Å²) in [4.78, 5) is 46.8. The van der Waals surface area contributed by atoms with Crippen LogP contribution in [0, 0.1) is 0 Å². The molecule has 0 radical (unpaired) electrons. The normalized spacial score (nSPS) is 25.0. The molecule has 0 aromatic carbocycles. The summed E-state index contributed by atoms with van der Waals surface area (Å²) in [6.45, 7) is 6.52. The second kappa shape index (κ2) is 11.6. The van der Waals surface area contributed by atoms with E-state index in [2.05, 4.69) is 10.3 Å². The van der Waals surface area contributed by atoms with Crippen molar-refractivity contribution in [2.75, 3.05) is 6.61 Å². The number of unbranched alkanes of at least 4 members (excludes halogenated alkanes) is 1. The highest BCUT2D eigenvalue weighted by atomic mass is 16.7. The molecule has 1 aliphatic heterocycles. The first-order valence-electron chi connectivity index (χ1n) is 10.3. The lowest BCUT2D eigenvalue weighted by molar-refractivity contribution is -0.285. The number of aromatic nitrogens is 3. The molecule has 1 aromatic heterocycles. The third kappa shape index (κ3) is 7.01. The van der Waals surface area contributed by atoms with Crippen molar-refractivity contribution in [2.24, 2.45) is 0 Å². The number of nitrogens with zero attached hydrogens (tertiary/aromatic N) is 3. The van der Waals surface area contributed by atoms with E-state index in [0.29, 0.717) is 12.1 Å². The minimum absolute atomic E-state index is 0.257. The summed E-state index contributed by atoms with van der Waals surface area (Å²) in [5.74, 6) is -2.64. The van der Waals surface area contributed by atoms with Gasteiger partial charge in [-0.25, -0.2) is 4.68 Å². The summed E-state index contributed by atoms with van der Waals surface area (Å²) >= 11 is 0. The molecular weight excluding hydrogens is 426 g/mol. The van der Waals surface area contributed by atoms with Crippen molar-refractivity contribution >= 4 is 23.9 Å². The third-order valence-corrected chi connectivity index (χ3v) is 4.61. The molecule has 2 heterocycles. The monoisotopic (exact) mass is 455 g/mol. The first kappa shape index (κ1) is 25.2. The van der Waals surface area contributed by atoms with Gasteiger partial charge in [0, 0.05) is 33.9 Å². The van der Waals surface area contributed by atoms with E-state index >= 15 is 0 Å². The molecule has 178 valence electrons. The maximum absolute atomic E-state index is 11.9. The molecule has 0 N–H and O–H groups in total. The van der Waals surface area contributed by atoms with Crippen LogP contribution in [0.5, 0.6) is 0 Å². The topological polar surface area (TPSA) is 145 Å². The molecule has 1 fully saturated rings. The zero-order chi connectivity index (χ0) is 23.8. The van der Waals surface area contributed by atoms with Gasteiger partial charge in [0.05, 0.1) is 5.69 Å². The van der Waals surface area contributed by atoms with E-state index in [0.717, 1.165) is 26.7 Å².